The predicted octanol–water partition coefficient (Wildman–Crippen LogP) is 3.33. The SMILES string of the molecule is COc1ccc(CCC(=O)Nc2ccc(N3CCN(C)CC3)c(C)c2)cc1. The molecule has 2 aromatic carbocycles. The quantitative estimate of drug-likeness (QED) is 0.851. The second-order valence-electron chi connectivity index (χ2n) is 7.19. The molecule has 1 amide bonds. The molecule has 144 valence electrons. The van der Waals surface area contributed by atoms with Crippen molar-refractivity contribution < 1.29 is 9.53 Å². The largest absolute Gasteiger partial charge is 0.497 e. The van der Waals surface area contributed by atoms with Gasteiger partial charge >= 0.3 is 0 Å². The van der Waals surface area contributed by atoms with Gasteiger partial charge in [-0.15, -0.1) is 0 Å². The molecule has 1 fully saturated rings. The standard InChI is InChI=1S/C22H29N3O2/c1-17-16-19(7-10-21(17)25-14-12-24(2)13-15-25)23-22(26)11-6-18-4-8-20(27-3)9-5-18/h4-5,7-10,16H,6,11-15H2,1-3H3,(H,23,26). The van der Waals surface area contributed by atoms with E-state index in [1.165, 1.54) is 11.3 Å². The second kappa shape index (κ2) is 8.91. The van der Waals surface area contributed by atoms with Gasteiger partial charge in [-0.1, -0.05) is 12.1 Å². The zero-order valence-corrected chi connectivity index (χ0v) is 16.5. The van der Waals surface area contributed by atoms with Gasteiger partial charge in [0, 0.05) is 44.0 Å². The molecule has 27 heavy (non-hydrogen) atoms. The third-order valence-electron chi connectivity index (χ3n) is 5.12. The molecule has 0 saturated carbocycles. The number of aryl methyl sites for hydroxylation is 2. The fourth-order valence-corrected chi connectivity index (χ4v) is 3.41. The van der Waals surface area contributed by atoms with Gasteiger partial charge in [-0.2, -0.15) is 0 Å². The molecule has 5 nitrogen and oxygen atoms in total. The van der Waals surface area contributed by atoms with E-state index < -0.39 is 0 Å². The van der Waals surface area contributed by atoms with E-state index in [-0.39, 0.29) is 5.91 Å². The molecule has 0 atom stereocenters. The Balaban J connectivity index is 1.53. The summed E-state index contributed by atoms with van der Waals surface area (Å²) in [6.45, 7) is 6.38. The van der Waals surface area contributed by atoms with Crippen LogP contribution < -0.4 is 15.0 Å². The summed E-state index contributed by atoms with van der Waals surface area (Å²) in [5, 5.41) is 3.02. The van der Waals surface area contributed by atoms with E-state index in [4.69, 9.17) is 4.74 Å². The van der Waals surface area contributed by atoms with E-state index in [1.807, 2.05) is 30.3 Å². The van der Waals surface area contributed by atoms with E-state index >= 15 is 0 Å². The number of likely N-dealkylation sites (N-methyl/N-ethyl adjacent to an activating group) is 1. The molecule has 0 unspecified atom stereocenters. The third-order valence-corrected chi connectivity index (χ3v) is 5.12. The van der Waals surface area contributed by atoms with Gasteiger partial charge < -0.3 is 19.9 Å². The van der Waals surface area contributed by atoms with Gasteiger partial charge in [0.25, 0.3) is 0 Å². The molecule has 0 bridgehead atoms. The molecule has 0 aromatic heterocycles. The zero-order valence-electron chi connectivity index (χ0n) is 16.5. The molecule has 3 rings (SSSR count). The van der Waals surface area contributed by atoms with Crippen LogP contribution in [0.5, 0.6) is 5.75 Å². The Labute approximate surface area is 161 Å². The lowest BCUT2D eigenvalue weighted by Crippen LogP contribution is -2.44. The van der Waals surface area contributed by atoms with Gasteiger partial charge in [-0.3, -0.25) is 4.79 Å². The summed E-state index contributed by atoms with van der Waals surface area (Å²) in [6.07, 6.45) is 1.18. The highest BCUT2D eigenvalue weighted by Crippen LogP contribution is 2.25. The molecule has 1 aliphatic rings. The van der Waals surface area contributed by atoms with Crippen LogP contribution >= 0.6 is 0 Å². The van der Waals surface area contributed by atoms with Crippen molar-refractivity contribution in [2.45, 2.75) is 19.8 Å². The summed E-state index contributed by atoms with van der Waals surface area (Å²) >= 11 is 0. The fourth-order valence-electron chi connectivity index (χ4n) is 3.41. The van der Waals surface area contributed by atoms with Crippen molar-refractivity contribution in [2.75, 3.05) is 50.6 Å². The number of carbonyl (C=O) groups excluding carboxylic acids is 1. The summed E-state index contributed by atoms with van der Waals surface area (Å²) in [6, 6.07) is 14.0. The zero-order chi connectivity index (χ0) is 19.2. The number of hydrogen-bond acceptors (Lipinski definition) is 4. The van der Waals surface area contributed by atoms with Gasteiger partial charge in [-0.25, -0.2) is 0 Å². The van der Waals surface area contributed by atoms with Crippen LogP contribution in [0.25, 0.3) is 0 Å². The van der Waals surface area contributed by atoms with E-state index in [0.717, 1.165) is 43.2 Å². The van der Waals surface area contributed by atoms with Crippen LogP contribution in [0.3, 0.4) is 0 Å². The smallest absolute Gasteiger partial charge is 0.224 e. The highest BCUT2D eigenvalue weighted by atomic mass is 16.5. The predicted molar refractivity (Wildman–Crippen MR) is 111 cm³/mol. The summed E-state index contributed by atoms with van der Waals surface area (Å²) in [5.74, 6) is 0.872. The first-order valence-electron chi connectivity index (χ1n) is 9.52. The van der Waals surface area contributed by atoms with Crippen molar-refractivity contribution in [3.63, 3.8) is 0 Å². The monoisotopic (exact) mass is 367 g/mol. The van der Waals surface area contributed by atoms with Crippen LogP contribution in [0.15, 0.2) is 42.5 Å². The van der Waals surface area contributed by atoms with Crippen molar-refractivity contribution in [1.82, 2.24) is 4.90 Å². The number of rotatable bonds is 6. The fraction of sp³-hybridized carbons (Fsp3) is 0.409. The Kier molecular flexibility index (Phi) is 6.35. The van der Waals surface area contributed by atoms with E-state index in [0.29, 0.717) is 12.8 Å². The van der Waals surface area contributed by atoms with Gasteiger partial charge in [0.1, 0.15) is 5.75 Å². The summed E-state index contributed by atoms with van der Waals surface area (Å²) in [4.78, 5) is 17.1. The maximum atomic E-state index is 12.3. The molecule has 2 aromatic rings. The average Bonchev–Trinajstić information content (AvgIpc) is 2.68. The molecule has 0 radical (unpaired) electrons. The van der Waals surface area contributed by atoms with Crippen molar-refractivity contribution >= 4 is 17.3 Å². The van der Waals surface area contributed by atoms with Gasteiger partial charge in [-0.05, 0) is 61.9 Å². The number of methoxy groups -OCH3 is 1. The van der Waals surface area contributed by atoms with Crippen molar-refractivity contribution in [1.29, 1.82) is 0 Å². The maximum Gasteiger partial charge on any atom is 0.224 e. The first-order chi connectivity index (χ1) is 13.0. The molecule has 5 heteroatoms. The highest BCUT2D eigenvalue weighted by Gasteiger charge is 2.16. The van der Waals surface area contributed by atoms with Gasteiger partial charge in [0.2, 0.25) is 5.91 Å². The third kappa shape index (κ3) is 5.23. The number of nitrogens with one attached hydrogen (secondary N) is 1. The normalized spacial score (nSPS) is 14.9. The lowest BCUT2D eigenvalue weighted by Gasteiger charge is -2.35. The Bertz CT molecular complexity index is 766. The number of ether oxygens (including phenoxy) is 1. The number of amides is 1. The minimum Gasteiger partial charge on any atom is -0.497 e. The van der Waals surface area contributed by atoms with E-state index in [9.17, 15) is 4.79 Å². The van der Waals surface area contributed by atoms with Gasteiger partial charge in [0.15, 0.2) is 0 Å². The Hall–Kier alpha value is -2.53. The van der Waals surface area contributed by atoms with Crippen LogP contribution in [0.2, 0.25) is 0 Å². The Morgan fingerprint density at radius 3 is 2.41 bits per heavy atom. The topological polar surface area (TPSA) is 44.8 Å². The lowest BCUT2D eigenvalue weighted by atomic mass is 10.1. The Morgan fingerprint density at radius 1 is 1.07 bits per heavy atom. The van der Waals surface area contributed by atoms with Crippen LogP contribution in [-0.2, 0) is 11.2 Å². The van der Waals surface area contributed by atoms with Crippen molar-refractivity contribution in [3.05, 3.63) is 53.6 Å². The van der Waals surface area contributed by atoms with Crippen LogP contribution in [0.4, 0.5) is 11.4 Å². The van der Waals surface area contributed by atoms with Crippen LogP contribution in [0.1, 0.15) is 17.5 Å². The molecule has 0 aliphatic carbocycles. The molecule has 1 aliphatic heterocycles. The number of piperazine rings is 1. The van der Waals surface area contributed by atoms with Gasteiger partial charge in [0.05, 0.1) is 7.11 Å². The number of anilines is 2. The minimum atomic E-state index is 0.0394. The molecular weight excluding hydrogens is 338 g/mol. The number of carbonyl (C=O) groups is 1. The average molecular weight is 367 g/mol. The van der Waals surface area contributed by atoms with E-state index in [2.05, 4.69) is 41.2 Å². The van der Waals surface area contributed by atoms with Crippen LogP contribution in [-0.4, -0.2) is 51.1 Å². The first kappa shape index (κ1) is 19.2. The molecule has 1 heterocycles. The van der Waals surface area contributed by atoms with Crippen molar-refractivity contribution in [3.8, 4) is 5.75 Å². The Morgan fingerprint density at radius 2 is 1.78 bits per heavy atom. The molecule has 1 N–H and O–H groups in total. The highest BCUT2D eigenvalue weighted by molar-refractivity contribution is 5.91. The lowest BCUT2D eigenvalue weighted by molar-refractivity contribution is -0.116. The number of benzene rings is 2. The van der Waals surface area contributed by atoms with E-state index in [1.54, 1.807) is 7.11 Å². The molecular formula is C22H29N3O2. The molecule has 0 spiro atoms. The first-order valence-corrected chi connectivity index (χ1v) is 9.52. The minimum absolute atomic E-state index is 0.0394. The number of hydrogen-bond donors (Lipinski definition) is 1. The van der Waals surface area contributed by atoms with Crippen LogP contribution in [0, 0.1) is 6.92 Å². The number of nitrogens with zero attached hydrogens (tertiary/aromatic N) is 2. The summed E-state index contributed by atoms with van der Waals surface area (Å²) in [5.41, 5.74) is 4.46. The molecule has 1 saturated heterocycles. The maximum absolute atomic E-state index is 12.3. The summed E-state index contributed by atoms with van der Waals surface area (Å²) < 4.78 is 5.16. The van der Waals surface area contributed by atoms with Crippen molar-refractivity contribution in [2.24, 2.45) is 0 Å². The second-order valence-corrected chi connectivity index (χ2v) is 7.19. The summed E-state index contributed by atoms with van der Waals surface area (Å²) in [7, 11) is 3.81.